The fraction of sp³-hybridized carbons (Fsp3) is 0.682. The third kappa shape index (κ3) is 3.48. The van der Waals surface area contributed by atoms with Crippen molar-refractivity contribution in [3.05, 3.63) is 29.3 Å². The summed E-state index contributed by atoms with van der Waals surface area (Å²) in [5.74, 6) is 2.18. The Morgan fingerprint density at radius 2 is 1.88 bits per heavy atom. The minimum atomic E-state index is 0.298. The van der Waals surface area contributed by atoms with E-state index in [4.69, 9.17) is 0 Å². The Balaban J connectivity index is 1.35. The highest BCUT2D eigenvalue weighted by molar-refractivity contribution is 5.82. The number of piperidine rings is 1. The second-order valence-electron chi connectivity index (χ2n) is 8.69. The number of hydrogen-bond donors (Lipinski definition) is 1. The molecule has 1 aromatic carbocycles. The van der Waals surface area contributed by atoms with E-state index < -0.39 is 0 Å². The van der Waals surface area contributed by atoms with Crippen molar-refractivity contribution in [2.75, 3.05) is 37.6 Å². The van der Waals surface area contributed by atoms with Crippen LogP contribution in [0.2, 0.25) is 0 Å². The van der Waals surface area contributed by atoms with Crippen LogP contribution in [0.4, 0.5) is 5.69 Å². The molecule has 0 bridgehead atoms. The molecule has 0 radical (unpaired) electrons. The van der Waals surface area contributed by atoms with E-state index in [0.717, 1.165) is 45.1 Å². The lowest BCUT2D eigenvalue weighted by Gasteiger charge is -2.41. The standard InChI is InChI=1S/C22H33N3O/c1-15-4-5-19(12-16(15)2)24-10-11-25(17(3)14-24)22(26)21-13-20(21)18-6-8-23-9-7-18/h4-5,12,17-18,20-21,23H,6-11,13-14H2,1-3H3/t17?,20-,21+/m0/s1. The van der Waals surface area contributed by atoms with E-state index in [2.05, 4.69) is 54.1 Å². The lowest BCUT2D eigenvalue weighted by molar-refractivity contribution is -0.135. The van der Waals surface area contributed by atoms with Crippen molar-refractivity contribution in [1.82, 2.24) is 10.2 Å². The Hall–Kier alpha value is -1.55. The molecular formula is C22H33N3O. The summed E-state index contributed by atoms with van der Waals surface area (Å²) in [6.07, 6.45) is 3.64. The lowest BCUT2D eigenvalue weighted by Crippen LogP contribution is -2.54. The molecule has 2 aliphatic heterocycles. The predicted octanol–water partition coefficient (Wildman–Crippen LogP) is 2.98. The predicted molar refractivity (Wildman–Crippen MR) is 106 cm³/mol. The van der Waals surface area contributed by atoms with Gasteiger partial charge in [0.05, 0.1) is 0 Å². The van der Waals surface area contributed by atoms with E-state index >= 15 is 0 Å². The maximum atomic E-state index is 13.1. The van der Waals surface area contributed by atoms with Gasteiger partial charge in [0.1, 0.15) is 0 Å². The molecule has 0 aromatic heterocycles. The van der Waals surface area contributed by atoms with Crippen molar-refractivity contribution in [3.63, 3.8) is 0 Å². The molecule has 2 saturated heterocycles. The number of piperazine rings is 1. The molecule has 4 heteroatoms. The van der Waals surface area contributed by atoms with Crippen molar-refractivity contribution in [3.8, 4) is 0 Å². The van der Waals surface area contributed by atoms with Crippen LogP contribution in [0.1, 0.15) is 37.3 Å². The number of nitrogens with one attached hydrogen (secondary N) is 1. The highest BCUT2D eigenvalue weighted by atomic mass is 16.2. The number of aryl methyl sites for hydroxylation is 2. The first-order chi connectivity index (χ1) is 12.5. The van der Waals surface area contributed by atoms with Gasteiger partial charge in [-0.25, -0.2) is 0 Å². The monoisotopic (exact) mass is 355 g/mol. The number of amides is 1. The van der Waals surface area contributed by atoms with Gasteiger partial charge in [0.25, 0.3) is 0 Å². The number of rotatable bonds is 3. The third-order valence-electron chi connectivity index (χ3n) is 6.91. The summed E-state index contributed by atoms with van der Waals surface area (Å²) in [4.78, 5) is 17.7. The van der Waals surface area contributed by atoms with Gasteiger partial charge >= 0.3 is 0 Å². The van der Waals surface area contributed by atoms with Gasteiger partial charge in [-0.3, -0.25) is 4.79 Å². The van der Waals surface area contributed by atoms with Gasteiger partial charge in [-0.15, -0.1) is 0 Å². The quantitative estimate of drug-likeness (QED) is 0.905. The number of anilines is 1. The smallest absolute Gasteiger partial charge is 0.226 e. The summed E-state index contributed by atoms with van der Waals surface area (Å²) < 4.78 is 0. The number of carbonyl (C=O) groups excluding carboxylic acids is 1. The van der Waals surface area contributed by atoms with Crippen LogP contribution >= 0.6 is 0 Å². The average Bonchev–Trinajstić information content (AvgIpc) is 3.45. The molecule has 26 heavy (non-hydrogen) atoms. The van der Waals surface area contributed by atoms with Crippen molar-refractivity contribution in [2.24, 2.45) is 17.8 Å². The molecule has 1 N–H and O–H groups in total. The molecule has 3 fully saturated rings. The van der Waals surface area contributed by atoms with Gasteiger partial charge in [0, 0.05) is 37.3 Å². The minimum Gasteiger partial charge on any atom is -0.368 e. The van der Waals surface area contributed by atoms with Gasteiger partial charge < -0.3 is 15.1 Å². The average molecular weight is 356 g/mol. The molecule has 3 aliphatic rings. The fourth-order valence-corrected chi connectivity index (χ4v) is 4.95. The van der Waals surface area contributed by atoms with Crippen molar-refractivity contribution >= 4 is 11.6 Å². The minimum absolute atomic E-state index is 0.298. The molecule has 1 aromatic rings. The molecule has 4 rings (SSSR count). The highest BCUT2D eigenvalue weighted by Gasteiger charge is 2.49. The molecule has 1 amide bonds. The van der Waals surface area contributed by atoms with Crippen LogP contribution in [0.25, 0.3) is 0 Å². The van der Waals surface area contributed by atoms with Crippen LogP contribution in [0, 0.1) is 31.6 Å². The molecule has 2 heterocycles. The largest absolute Gasteiger partial charge is 0.368 e. The first-order valence-corrected chi connectivity index (χ1v) is 10.4. The van der Waals surface area contributed by atoms with E-state index in [1.165, 1.54) is 29.7 Å². The van der Waals surface area contributed by atoms with Crippen LogP contribution in [0.5, 0.6) is 0 Å². The summed E-state index contributed by atoms with van der Waals surface area (Å²) >= 11 is 0. The Kier molecular flexibility index (Phi) is 4.96. The number of benzene rings is 1. The van der Waals surface area contributed by atoms with Gasteiger partial charge in [-0.1, -0.05) is 6.07 Å². The fourth-order valence-electron chi connectivity index (χ4n) is 4.95. The maximum absolute atomic E-state index is 13.1. The number of carbonyl (C=O) groups is 1. The summed E-state index contributed by atoms with van der Waals surface area (Å²) in [7, 11) is 0. The summed E-state index contributed by atoms with van der Waals surface area (Å²) in [5.41, 5.74) is 3.98. The van der Waals surface area contributed by atoms with E-state index in [1.807, 2.05) is 0 Å². The van der Waals surface area contributed by atoms with Crippen LogP contribution < -0.4 is 10.2 Å². The zero-order valence-corrected chi connectivity index (χ0v) is 16.5. The van der Waals surface area contributed by atoms with Crippen LogP contribution in [0.3, 0.4) is 0 Å². The third-order valence-corrected chi connectivity index (χ3v) is 6.91. The normalized spacial score (nSPS) is 29.7. The zero-order valence-electron chi connectivity index (χ0n) is 16.5. The molecule has 142 valence electrons. The van der Waals surface area contributed by atoms with Gasteiger partial charge in [-0.05, 0) is 88.2 Å². The Labute approximate surface area is 157 Å². The first-order valence-electron chi connectivity index (χ1n) is 10.4. The van der Waals surface area contributed by atoms with Crippen molar-refractivity contribution in [2.45, 2.75) is 46.1 Å². The number of nitrogens with zero attached hydrogens (tertiary/aromatic N) is 2. The lowest BCUT2D eigenvalue weighted by atomic mass is 9.91. The maximum Gasteiger partial charge on any atom is 0.226 e. The molecule has 1 aliphatic carbocycles. The van der Waals surface area contributed by atoms with Crippen LogP contribution in [-0.4, -0.2) is 49.6 Å². The van der Waals surface area contributed by atoms with Crippen molar-refractivity contribution in [1.29, 1.82) is 0 Å². The van der Waals surface area contributed by atoms with Gasteiger partial charge in [-0.2, -0.15) is 0 Å². The van der Waals surface area contributed by atoms with E-state index in [1.54, 1.807) is 0 Å². The molecule has 1 saturated carbocycles. The Bertz CT molecular complexity index is 667. The molecule has 0 spiro atoms. The van der Waals surface area contributed by atoms with Gasteiger partial charge in [0.15, 0.2) is 0 Å². The van der Waals surface area contributed by atoms with Crippen molar-refractivity contribution < 1.29 is 4.79 Å². The van der Waals surface area contributed by atoms with E-state index in [9.17, 15) is 4.79 Å². The zero-order chi connectivity index (χ0) is 18.3. The topological polar surface area (TPSA) is 35.6 Å². The van der Waals surface area contributed by atoms with Gasteiger partial charge in [0.2, 0.25) is 5.91 Å². The number of hydrogen-bond acceptors (Lipinski definition) is 3. The van der Waals surface area contributed by atoms with E-state index in [-0.39, 0.29) is 0 Å². The molecule has 4 nitrogen and oxygen atoms in total. The molecule has 3 atom stereocenters. The highest BCUT2D eigenvalue weighted by Crippen LogP contribution is 2.48. The van der Waals surface area contributed by atoms with Crippen LogP contribution in [-0.2, 0) is 4.79 Å². The second kappa shape index (κ2) is 7.22. The molecular weight excluding hydrogens is 322 g/mol. The molecule has 1 unspecified atom stereocenters. The van der Waals surface area contributed by atoms with E-state index in [0.29, 0.717) is 23.8 Å². The Morgan fingerprint density at radius 1 is 1.12 bits per heavy atom. The summed E-state index contributed by atoms with van der Waals surface area (Å²) in [6.45, 7) is 11.6. The van der Waals surface area contributed by atoms with Crippen LogP contribution in [0.15, 0.2) is 18.2 Å². The second-order valence-corrected chi connectivity index (χ2v) is 8.69. The summed E-state index contributed by atoms with van der Waals surface area (Å²) in [5, 5.41) is 3.44. The first kappa shape index (κ1) is 17.8. The SMILES string of the molecule is Cc1ccc(N2CCN(C(=O)[C@@H]3C[C@H]3C3CCNCC3)C(C)C2)cc1C. The summed E-state index contributed by atoms with van der Waals surface area (Å²) in [6, 6.07) is 7.02. The Morgan fingerprint density at radius 3 is 2.58 bits per heavy atom.